The fraction of sp³-hybridized carbons (Fsp3) is 0.263. The van der Waals surface area contributed by atoms with Gasteiger partial charge in [0, 0.05) is 0 Å². The van der Waals surface area contributed by atoms with Crippen molar-refractivity contribution in [3.8, 4) is 5.75 Å². The Kier molecular flexibility index (Phi) is 4.42. The van der Waals surface area contributed by atoms with Gasteiger partial charge in [-0.3, -0.25) is 0 Å². The Hall–Kier alpha value is -2.62. The van der Waals surface area contributed by atoms with Crippen LogP contribution in [0.5, 0.6) is 5.75 Å². The van der Waals surface area contributed by atoms with Crippen LogP contribution in [0.1, 0.15) is 44.7 Å². The van der Waals surface area contributed by atoms with E-state index in [1.165, 1.54) is 31.1 Å². The molecule has 4 heteroatoms. The van der Waals surface area contributed by atoms with E-state index in [1.807, 2.05) is 18.2 Å². The van der Waals surface area contributed by atoms with E-state index in [4.69, 9.17) is 4.74 Å². The summed E-state index contributed by atoms with van der Waals surface area (Å²) in [7, 11) is 1.33. The maximum absolute atomic E-state index is 12.3. The van der Waals surface area contributed by atoms with Crippen LogP contribution in [0.2, 0.25) is 0 Å². The molecule has 0 bridgehead atoms. The molecule has 3 rings (SSSR count). The highest BCUT2D eigenvalue weighted by Gasteiger charge is 2.14. The first-order chi connectivity index (χ1) is 11.2. The number of benzene rings is 2. The van der Waals surface area contributed by atoms with Crippen LogP contribution >= 0.6 is 0 Å². The molecule has 2 aromatic carbocycles. The number of fused-ring (bicyclic) bond motifs is 1. The Morgan fingerprint density at radius 1 is 0.826 bits per heavy atom. The number of aryl methyl sites for hydroxylation is 2. The van der Waals surface area contributed by atoms with Crippen molar-refractivity contribution in [1.29, 1.82) is 0 Å². The molecule has 1 aliphatic rings. The van der Waals surface area contributed by atoms with Crippen LogP contribution in [0.25, 0.3) is 0 Å². The second-order valence-corrected chi connectivity index (χ2v) is 5.60. The molecule has 23 heavy (non-hydrogen) atoms. The first kappa shape index (κ1) is 15.3. The molecule has 0 aromatic heterocycles. The van der Waals surface area contributed by atoms with Gasteiger partial charge in [-0.1, -0.05) is 6.07 Å². The highest BCUT2D eigenvalue weighted by molar-refractivity contribution is 5.92. The molecular formula is C19H18O4. The first-order valence-corrected chi connectivity index (χ1v) is 7.70. The van der Waals surface area contributed by atoms with E-state index in [9.17, 15) is 9.59 Å². The minimum Gasteiger partial charge on any atom is -0.465 e. The SMILES string of the molecule is COC(=O)c1ccc(OC(=O)c2ccc3c(c2)CCCC3)cc1. The number of ether oxygens (including phenoxy) is 2. The summed E-state index contributed by atoms with van der Waals surface area (Å²) in [5, 5.41) is 0. The van der Waals surface area contributed by atoms with Gasteiger partial charge in [0.05, 0.1) is 18.2 Å². The molecule has 1 aliphatic carbocycles. The van der Waals surface area contributed by atoms with Crippen molar-refractivity contribution in [1.82, 2.24) is 0 Å². The van der Waals surface area contributed by atoms with Crippen molar-refractivity contribution in [3.05, 3.63) is 64.7 Å². The number of carbonyl (C=O) groups is 2. The average molecular weight is 310 g/mol. The summed E-state index contributed by atoms with van der Waals surface area (Å²) in [5.74, 6) is -0.401. The Balaban J connectivity index is 1.72. The Labute approximate surface area is 135 Å². The number of rotatable bonds is 3. The second-order valence-electron chi connectivity index (χ2n) is 5.60. The van der Waals surface area contributed by atoms with Crippen molar-refractivity contribution in [2.45, 2.75) is 25.7 Å². The summed E-state index contributed by atoms with van der Waals surface area (Å²) in [5.41, 5.74) is 3.55. The third-order valence-electron chi connectivity index (χ3n) is 4.07. The van der Waals surface area contributed by atoms with E-state index in [2.05, 4.69) is 4.74 Å². The number of carbonyl (C=O) groups excluding carboxylic acids is 2. The number of esters is 2. The van der Waals surface area contributed by atoms with Gasteiger partial charge in [0.2, 0.25) is 0 Å². The van der Waals surface area contributed by atoms with Crippen LogP contribution in [0.3, 0.4) is 0 Å². The molecule has 0 N–H and O–H groups in total. The Bertz CT molecular complexity index is 732. The first-order valence-electron chi connectivity index (χ1n) is 7.70. The van der Waals surface area contributed by atoms with Gasteiger partial charge in [-0.05, 0) is 73.2 Å². The summed E-state index contributed by atoms with van der Waals surface area (Å²) < 4.78 is 10.0. The minimum atomic E-state index is -0.419. The van der Waals surface area contributed by atoms with E-state index in [0.29, 0.717) is 16.9 Å². The van der Waals surface area contributed by atoms with Crippen molar-refractivity contribution >= 4 is 11.9 Å². The smallest absolute Gasteiger partial charge is 0.343 e. The molecule has 0 saturated carbocycles. The van der Waals surface area contributed by atoms with Crippen molar-refractivity contribution in [2.24, 2.45) is 0 Å². The van der Waals surface area contributed by atoms with Gasteiger partial charge in [-0.25, -0.2) is 9.59 Å². The summed E-state index contributed by atoms with van der Waals surface area (Å²) in [6.07, 6.45) is 4.48. The van der Waals surface area contributed by atoms with Gasteiger partial charge in [0.15, 0.2) is 0 Å². The van der Waals surface area contributed by atoms with Crippen LogP contribution in [0, 0.1) is 0 Å². The lowest BCUT2D eigenvalue weighted by Crippen LogP contribution is -2.11. The third kappa shape index (κ3) is 3.42. The molecule has 118 valence electrons. The van der Waals surface area contributed by atoms with E-state index in [-0.39, 0.29) is 5.97 Å². The van der Waals surface area contributed by atoms with E-state index < -0.39 is 5.97 Å². The van der Waals surface area contributed by atoms with Crippen molar-refractivity contribution in [2.75, 3.05) is 7.11 Å². The molecule has 0 fully saturated rings. The minimum absolute atomic E-state index is 0.385. The normalized spacial score (nSPS) is 13.1. The molecule has 0 aliphatic heterocycles. The standard InChI is InChI=1S/C19H18O4/c1-22-18(20)14-8-10-17(11-9-14)23-19(21)16-7-6-13-4-2-3-5-15(13)12-16/h6-12H,2-5H2,1H3. The largest absolute Gasteiger partial charge is 0.465 e. The van der Waals surface area contributed by atoms with Crippen molar-refractivity contribution < 1.29 is 19.1 Å². The summed E-state index contributed by atoms with van der Waals surface area (Å²) >= 11 is 0. The summed E-state index contributed by atoms with van der Waals surface area (Å²) in [6, 6.07) is 12.1. The highest BCUT2D eigenvalue weighted by atomic mass is 16.5. The second kappa shape index (κ2) is 6.65. The zero-order valence-electron chi connectivity index (χ0n) is 13.0. The third-order valence-corrected chi connectivity index (χ3v) is 4.07. The maximum Gasteiger partial charge on any atom is 0.343 e. The fourth-order valence-corrected chi connectivity index (χ4v) is 2.80. The zero-order chi connectivity index (χ0) is 16.2. The van der Waals surface area contributed by atoms with Gasteiger partial charge >= 0.3 is 11.9 Å². The zero-order valence-corrected chi connectivity index (χ0v) is 13.0. The van der Waals surface area contributed by atoms with Crippen molar-refractivity contribution in [3.63, 3.8) is 0 Å². The molecule has 0 radical (unpaired) electrons. The predicted molar refractivity (Wildman–Crippen MR) is 85.8 cm³/mol. The molecule has 0 saturated heterocycles. The Morgan fingerprint density at radius 3 is 2.17 bits per heavy atom. The lowest BCUT2D eigenvalue weighted by Gasteiger charge is -2.16. The predicted octanol–water partition coefficient (Wildman–Crippen LogP) is 3.57. The van der Waals surface area contributed by atoms with Gasteiger partial charge < -0.3 is 9.47 Å². The Morgan fingerprint density at radius 2 is 1.48 bits per heavy atom. The molecule has 0 unspecified atom stereocenters. The molecule has 0 heterocycles. The highest BCUT2D eigenvalue weighted by Crippen LogP contribution is 2.23. The lowest BCUT2D eigenvalue weighted by molar-refractivity contribution is 0.0600. The molecule has 0 spiro atoms. The number of hydrogen-bond acceptors (Lipinski definition) is 4. The molecule has 0 amide bonds. The summed E-state index contributed by atoms with van der Waals surface area (Å²) in [4.78, 5) is 23.6. The molecular weight excluding hydrogens is 292 g/mol. The summed E-state index contributed by atoms with van der Waals surface area (Å²) in [6.45, 7) is 0. The monoisotopic (exact) mass is 310 g/mol. The topological polar surface area (TPSA) is 52.6 Å². The van der Waals surface area contributed by atoms with Crippen LogP contribution < -0.4 is 4.74 Å². The molecule has 2 aromatic rings. The van der Waals surface area contributed by atoms with Crippen LogP contribution in [-0.4, -0.2) is 19.0 Å². The van der Waals surface area contributed by atoms with E-state index >= 15 is 0 Å². The fourth-order valence-electron chi connectivity index (χ4n) is 2.80. The molecule has 0 atom stereocenters. The molecule has 4 nitrogen and oxygen atoms in total. The maximum atomic E-state index is 12.3. The average Bonchev–Trinajstić information content (AvgIpc) is 2.61. The van der Waals surface area contributed by atoms with Gasteiger partial charge in [0.25, 0.3) is 0 Å². The number of methoxy groups -OCH3 is 1. The van der Waals surface area contributed by atoms with Crippen LogP contribution in [0.15, 0.2) is 42.5 Å². The number of hydrogen-bond donors (Lipinski definition) is 0. The van der Waals surface area contributed by atoms with Gasteiger partial charge in [-0.15, -0.1) is 0 Å². The van der Waals surface area contributed by atoms with E-state index in [0.717, 1.165) is 12.8 Å². The van der Waals surface area contributed by atoms with Gasteiger partial charge in [0.1, 0.15) is 5.75 Å². The van der Waals surface area contributed by atoms with Crippen LogP contribution in [-0.2, 0) is 17.6 Å². The van der Waals surface area contributed by atoms with Gasteiger partial charge in [-0.2, -0.15) is 0 Å². The lowest BCUT2D eigenvalue weighted by atomic mass is 9.90. The van der Waals surface area contributed by atoms with E-state index in [1.54, 1.807) is 24.3 Å². The quantitative estimate of drug-likeness (QED) is 0.642. The van der Waals surface area contributed by atoms with Crippen LogP contribution in [0.4, 0.5) is 0 Å².